The SMILES string of the molecule is NC(=O)C1CCCN1C(=O)c1cnn2c(-c3ccccc3)ccnc12. The predicted octanol–water partition coefficient (Wildman–Crippen LogP) is 1.49. The smallest absolute Gasteiger partial charge is 0.260 e. The average Bonchev–Trinajstić information content (AvgIpc) is 3.29. The highest BCUT2D eigenvalue weighted by molar-refractivity contribution is 6.02. The molecule has 3 aromatic rings. The van der Waals surface area contributed by atoms with Crippen molar-refractivity contribution in [3.8, 4) is 11.3 Å². The summed E-state index contributed by atoms with van der Waals surface area (Å²) in [7, 11) is 0. The number of carbonyl (C=O) groups excluding carboxylic acids is 2. The van der Waals surface area contributed by atoms with Crippen LogP contribution in [0, 0.1) is 0 Å². The van der Waals surface area contributed by atoms with Crippen molar-refractivity contribution in [1.82, 2.24) is 19.5 Å². The second-order valence-corrected chi connectivity index (χ2v) is 6.05. The van der Waals surface area contributed by atoms with Crippen molar-refractivity contribution in [2.24, 2.45) is 5.73 Å². The Morgan fingerprint density at radius 3 is 2.72 bits per heavy atom. The number of nitrogens with zero attached hydrogens (tertiary/aromatic N) is 4. The lowest BCUT2D eigenvalue weighted by atomic mass is 10.1. The van der Waals surface area contributed by atoms with Crippen molar-refractivity contribution in [1.29, 1.82) is 0 Å². The molecule has 1 atom stereocenters. The minimum atomic E-state index is -0.556. The van der Waals surface area contributed by atoms with E-state index >= 15 is 0 Å². The van der Waals surface area contributed by atoms with Crippen LogP contribution in [-0.4, -0.2) is 43.9 Å². The van der Waals surface area contributed by atoms with E-state index < -0.39 is 11.9 Å². The van der Waals surface area contributed by atoms with Crippen LogP contribution in [0.25, 0.3) is 16.9 Å². The zero-order valence-electron chi connectivity index (χ0n) is 13.5. The summed E-state index contributed by atoms with van der Waals surface area (Å²) in [6.45, 7) is 0.516. The fourth-order valence-electron chi connectivity index (χ4n) is 3.33. The number of likely N-dealkylation sites (tertiary alicyclic amines) is 1. The third-order valence-corrected chi connectivity index (χ3v) is 4.54. The van der Waals surface area contributed by atoms with Gasteiger partial charge in [-0.05, 0) is 18.9 Å². The van der Waals surface area contributed by atoms with Crippen LogP contribution in [0.3, 0.4) is 0 Å². The lowest BCUT2D eigenvalue weighted by molar-refractivity contribution is -0.121. The van der Waals surface area contributed by atoms with Gasteiger partial charge < -0.3 is 10.6 Å². The minimum Gasteiger partial charge on any atom is -0.368 e. The molecule has 0 saturated carbocycles. The lowest BCUT2D eigenvalue weighted by Gasteiger charge is -2.21. The summed E-state index contributed by atoms with van der Waals surface area (Å²) in [6, 6.07) is 11.1. The number of fused-ring (bicyclic) bond motifs is 1. The third kappa shape index (κ3) is 2.53. The molecule has 1 aliphatic heterocycles. The summed E-state index contributed by atoms with van der Waals surface area (Å²) >= 11 is 0. The molecule has 2 aromatic heterocycles. The van der Waals surface area contributed by atoms with Crippen LogP contribution in [0.4, 0.5) is 0 Å². The highest BCUT2D eigenvalue weighted by Crippen LogP contribution is 2.24. The summed E-state index contributed by atoms with van der Waals surface area (Å²) in [5, 5.41) is 4.35. The first-order valence-electron chi connectivity index (χ1n) is 8.15. The Morgan fingerprint density at radius 2 is 1.96 bits per heavy atom. The summed E-state index contributed by atoms with van der Waals surface area (Å²) in [5.41, 5.74) is 8.10. The fraction of sp³-hybridized carbons (Fsp3) is 0.222. The average molecular weight is 335 g/mol. The van der Waals surface area contributed by atoms with Crippen LogP contribution in [0.5, 0.6) is 0 Å². The van der Waals surface area contributed by atoms with Gasteiger partial charge in [-0.3, -0.25) is 9.59 Å². The molecule has 1 aliphatic rings. The molecule has 7 heteroatoms. The van der Waals surface area contributed by atoms with Gasteiger partial charge >= 0.3 is 0 Å². The quantitative estimate of drug-likeness (QED) is 0.784. The van der Waals surface area contributed by atoms with Gasteiger partial charge in [0.1, 0.15) is 11.6 Å². The van der Waals surface area contributed by atoms with Gasteiger partial charge in [0.25, 0.3) is 5.91 Å². The number of rotatable bonds is 3. The van der Waals surface area contributed by atoms with E-state index in [1.54, 1.807) is 10.7 Å². The Hall–Kier alpha value is -3.22. The van der Waals surface area contributed by atoms with E-state index in [1.807, 2.05) is 36.4 Å². The maximum Gasteiger partial charge on any atom is 0.260 e. The van der Waals surface area contributed by atoms with Crippen LogP contribution >= 0.6 is 0 Å². The molecule has 126 valence electrons. The molecule has 0 spiro atoms. The normalized spacial score (nSPS) is 17.1. The first-order chi connectivity index (χ1) is 12.2. The molecule has 3 heterocycles. The molecule has 2 amide bonds. The second kappa shape index (κ2) is 6.01. The number of primary amides is 1. The predicted molar refractivity (Wildman–Crippen MR) is 91.7 cm³/mol. The molecular weight excluding hydrogens is 318 g/mol. The Morgan fingerprint density at radius 1 is 1.16 bits per heavy atom. The van der Waals surface area contributed by atoms with E-state index in [2.05, 4.69) is 10.1 Å². The first kappa shape index (κ1) is 15.3. The van der Waals surface area contributed by atoms with Crippen LogP contribution in [0.1, 0.15) is 23.2 Å². The van der Waals surface area contributed by atoms with Crippen molar-refractivity contribution in [2.45, 2.75) is 18.9 Å². The van der Waals surface area contributed by atoms with E-state index in [4.69, 9.17) is 5.73 Å². The Labute approximate surface area is 144 Å². The molecule has 2 N–H and O–H groups in total. The van der Waals surface area contributed by atoms with Gasteiger partial charge in [0.05, 0.1) is 11.9 Å². The summed E-state index contributed by atoms with van der Waals surface area (Å²) in [6.07, 6.45) is 4.53. The highest BCUT2D eigenvalue weighted by Gasteiger charge is 2.34. The molecule has 0 bridgehead atoms. The van der Waals surface area contributed by atoms with E-state index in [0.29, 0.717) is 24.2 Å². The maximum atomic E-state index is 12.9. The third-order valence-electron chi connectivity index (χ3n) is 4.54. The topological polar surface area (TPSA) is 93.6 Å². The largest absolute Gasteiger partial charge is 0.368 e. The van der Waals surface area contributed by atoms with Crippen molar-refractivity contribution in [3.05, 3.63) is 54.4 Å². The van der Waals surface area contributed by atoms with Gasteiger partial charge in [0.2, 0.25) is 5.91 Å². The van der Waals surface area contributed by atoms with Crippen molar-refractivity contribution >= 4 is 17.5 Å². The van der Waals surface area contributed by atoms with Gasteiger partial charge in [0, 0.05) is 18.3 Å². The van der Waals surface area contributed by atoms with E-state index in [1.165, 1.54) is 11.1 Å². The number of carbonyl (C=O) groups is 2. The lowest BCUT2D eigenvalue weighted by Crippen LogP contribution is -2.43. The monoisotopic (exact) mass is 335 g/mol. The molecule has 1 aromatic carbocycles. The van der Waals surface area contributed by atoms with Gasteiger partial charge in [-0.2, -0.15) is 5.10 Å². The summed E-state index contributed by atoms with van der Waals surface area (Å²) in [4.78, 5) is 30.3. The zero-order valence-corrected chi connectivity index (χ0v) is 13.5. The van der Waals surface area contributed by atoms with Crippen LogP contribution < -0.4 is 5.73 Å². The van der Waals surface area contributed by atoms with Gasteiger partial charge in [-0.15, -0.1) is 0 Å². The number of benzene rings is 1. The second-order valence-electron chi connectivity index (χ2n) is 6.05. The molecule has 7 nitrogen and oxygen atoms in total. The maximum absolute atomic E-state index is 12.9. The molecule has 0 aliphatic carbocycles. The van der Waals surface area contributed by atoms with Crippen molar-refractivity contribution in [2.75, 3.05) is 6.54 Å². The van der Waals surface area contributed by atoms with Crippen molar-refractivity contribution < 1.29 is 9.59 Å². The van der Waals surface area contributed by atoms with Gasteiger partial charge in [0.15, 0.2) is 5.65 Å². The van der Waals surface area contributed by atoms with Crippen LogP contribution in [0.15, 0.2) is 48.8 Å². The van der Waals surface area contributed by atoms with E-state index in [9.17, 15) is 9.59 Å². The Kier molecular flexibility index (Phi) is 3.68. The molecule has 1 unspecified atom stereocenters. The number of nitrogens with two attached hydrogens (primary N) is 1. The molecular formula is C18H17N5O2. The molecule has 1 saturated heterocycles. The highest BCUT2D eigenvalue weighted by atomic mass is 16.2. The molecule has 1 fully saturated rings. The standard InChI is InChI=1S/C18H17N5O2/c19-16(24)15-7-4-10-22(15)18(25)13-11-21-23-14(8-9-20-17(13)23)12-5-2-1-3-6-12/h1-3,5-6,8-9,11,15H,4,7,10H2,(H2,19,24). The summed E-state index contributed by atoms with van der Waals surface area (Å²) in [5.74, 6) is -0.728. The minimum absolute atomic E-state index is 0.256. The molecule has 25 heavy (non-hydrogen) atoms. The number of amides is 2. The Bertz CT molecular complexity index is 951. The zero-order chi connectivity index (χ0) is 17.4. The number of hydrogen-bond donors (Lipinski definition) is 1. The molecule has 0 radical (unpaired) electrons. The summed E-state index contributed by atoms with van der Waals surface area (Å²) < 4.78 is 1.65. The van der Waals surface area contributed by atoms with E-state index in [-0.39, 0.29) is 5.91 Å². The number of aromatic nitrogens is 3. The van der Waals surface area contributed by atoms with Crippen molar-refractivity contribution in [3.63, 3.8) is 0 Å². The Balaban J connectivity index is 1.77. The first-order valence-corrected chi connectivity index (χ1v) is 8.15. The van der Waals surface area contributed by atoms with Gasteiger partial charge in [-0.1, -0.05) is 30.3 Å². The van der Waals surface area contributed by atoms with Crippen LogP contribution in [-0.2, 0) is 4.79 Å². The van der Waals surface area contributed by atoms with Gasteiger partial charge in [-0.25, -0.2) is 9.50 Å². The van der Waals surface area contributed by atoms with E-state index in [0.717, 1.165) is 17.7 Å². The molecule has 4 rings (SSSR count). The number of hydrogen-bond acceptors (Lipinski definition) is 4. The fourth-order valence-corrected chi connectivity index (χ4v) is 3.33. The van der Waals surface area contributed by atoms with Crippen LogP contribution in [0.2, 0.25) is 0 Å².